The molecule has 0 aliphatic carbocycles. The fourth-order valence-electron chi connectivity index (χ4n) is 2.55. The highest BCUT2D eigenvalue weighted by molar-refractivity contribution is 5.78. The fraction of sp³-hybridized carbons (Fsp3) is 0.316. The van der Waals surface area contributed by atoms with Crippen LogP contribution in [0.5, 0.6) is 5.75 Å². The number of carbonyl (C=O) groups excluding carboxylic acids is 1. The first-order valence-corrected chi connectivity index (χ1v) is 7.81. The van der Waals surface area contributed by atoms with Gasteiger partial charge in [-0.05, 0) is 37.4 Å². The molecule has 2 rings (SSSR count). The Morgan fingerprint density at radius 1 is 1.21 bits per heavy atom. The van der Waals surface area contributed by atoms with Crippen LogP contribution in [-0.4, -0.2) is 38.6 Å². The molecular formula is C19H23FN2O2. The lowest BCUT2D eigenvalue weighted by Gasteiger charge is -2.25. The topological polar surface area (TPSA) is 41.6 Å². The lowest BCUT2D eigenvalue weighted by Crippen LogP contribution is -2.35. The third-order valence-corrected chi connectivity index (χ3v) is 3.88. The smallest absolute Gasteiger partial charge is 0.224 e. The van der Waals surface area contributed by atoms with Crippen molar-refractivity contribution in [3.8, 4) is 5.75 Å². The molecule has 0 heterocycles. The van der Waals surface area contributed by atoms with Crippen molar-refractivity contribution in [1.82, 2.24) is 10.2 Å². The van der Waals surface area contributed by atoms with E-state index >= 15 is 0 Å². The van der Waals surface area contributed by atoms with Crippen LogP contribution in [0.4, 0.5) is 4.39 Å². The number of hydrogen-bond donors (Lipinski definition) is 1. The molecule has 0 radical (unpaired) electrons. The second-order valence-corrected chi connectivity index (χ2v) is 5.84. The van der Waals surface area contributed by atoms with Crippen LogP contribution >= 0.6 is 0 Å². The minimum atomic E-state index is -0.460. The van der Waals surface area contributed by atoms with E-state index in [4.69, 9.17) is 4.74 Å². The SMILES string of the molecule is COc1ccc(CC(=O)NC[C@@H](c2ccccc2)N(C)C)cc1F. The minimum Gasteiger partial charge on any atom is -0.494 e. The summed E-state index contributed by atoms with van der Waals surface area (Å²) in [6.45, 7) is 0.495. The van der Waals surface area contributed by atoms with Gasteiger partial charge in [0.25, 0.3) is 0 Å². The van der Waals surface area contributed by atoms with Gasteiger partial charge in [0.2, 0.25) is 5.91 Å². The number of likely N-dealkylation sites (N-methyl/N-ethyl adjacent to an activating group) is 1. The average molecular weight is 330 g/mol. The van der Waals surface area contributed by atoms with Crippen molar-refractivity contribution in [2.24, 2.45) is 0 Å². The maximum absolute atomic E-state index is 13.7. The van der Waals surface area contributed by atoms with E-state index in [1.54, 1.807) is 6.07 Å². The maximum atomic E-state index is 13.7. The number of amides is 1. The summed E-state index contributed by atoms with van der Waals surface area (Å²) in [5.74, 6) is -0.420. The molecule has 5 heteroatoms. The van der Waals surface area contributed by atoms with E-state index in [0.29, 0.717) is 12.1 Å². The van der Waals surface area contributed by atoms with Gasteiger partial charge in [0.1, 0.15) is 0 Å². The minimum absolute atomic E-state index is 0.0859. The Bertz CT molecular complexity index is 674. The van der Waals surface area contributed by atoms with Crippen molar-refractivity contribution in [3.05, 3.63) is 65.5 Å². The van der Waals surface area contributed by atoms with Crippen molar-refractivity contribution in [2.75, 3.05) is 27.7 Å². The molecule has 0 bridgehead atoms. The molecule has 4 nitrogen and oxygen atoms in total. The van der Waals surface area contributed by atoms with Gasteiger partial charge in [-0.25, -0.2) is 4.39 Å². The van der Waals surface area contributed by atoms with Gasteiger partial charge < -0.3 is 15.0 Å². The number of methoxy groups -OCH3 is 1. The molecule has 0 saturated carbocycles. The highest BCUT2D eigenvalue weighted by atomic mass is 19.1. The molecule has 128 valence electrons. The normalized spacial score (nSPS) is 12.0. The molecule has 0 aromatic heterocycles. The molecule has 2 aromatic carbocycles. The molecule has 0 saturated heterocycles. The monoisotopic (exact) mass is 330 g/mol. The van der Waals surface area contributed by atoms with Crippen LogP contribution in [0.3, 0.4) is 0 Å². The van der Waals surface area contributed by atoms with Gasteiger partial charge in [0.15, 0.2) is 11.6 Å². The van der Waals surface area contributed by atoms with Crippen LogP contribution in [0.15, 0.2) is 48.5 Å². The van der Waals surface area contributed by atoms with Crippen molar-refractivity contribution in [1.29, 1.82) is 0 Å². The third-order valence-electron chi connectivity index (χ3n) is 3.88. The van der Waals surface area contributed by atoms with Crippen LogP contribution in [0.25, 0.3) is 0 Å². The maximum Gasteiger partial charge on any atom is 0.224 e. The Hall–Kier alpha value is -2.40. The second-order valence-electron chi connectivity index (χ2n) is 5.84. The number of carbonyl (C=O) groups is 1. The summed E-state index contributed by atoms with van der Waals surface area (Å²) in [5, 5.41) is 2.92. The Balaban J connectivity index is 1.95. The first-order chi connectivity index (χ1) is 11.5. The lowest BCUT2D eigenvalue weighted by atomic mass is 10.1. The van der Waals surface area contributed by atoms with Gasteiger partial charge in [-0.1, -0.05) is 36.4 Å². The third kappa shape index (κ3) is 4.80. The number of hydrogen-bond acceptors (Lipinski definition) is 3. The highest BCUT2D eigenvalue weighted by Crippen LogP contribution is 2.19. The van der Waals surface area contributed by atoms with Gasteiger partial charge >= 0.3 is 0 Å². The summed E-state index contributed by atoms with van der Waals surface area (Å²) >= 11 is 0. The van der Waals surface area contributed by atoms with Crippen LogP contribution in [-0.2, 0) is 11.2 Å². The number of ether oxygens (including phenoxy) is 1. The van der Waals surface area contributed by atoms with E-state index in [2.05, 4.69) is 10.2 Å². The average Bonchev–Trinajstić information content (AvgIpc) is 2.56. The van der Waals surface area contributed by atoms with E-state index in [-0.39, 0.29) is 24.1 Å². The molecular weight excluding hydrogens is 307 g/mol. The first kappa shape index (κ1) is 17.9. The lowest BCUT2D eigenvalue weighted by molar-refractivity contribution is -0.120. The Kier molecular flexibility index (Phi) is 6.32. The van der Waals surface area contributed by atoms with E-state index in [1.165, 1.54) is 19.2 Å². The van der Waals surface area contributed by atoms with Crippen LogP contribution in [0, 0.1) is 5.82 Å². The molecule has 0 fully saturated rings. The van der Waals surface area contributed by atoms with E-state index in [0.717, 1.165) is 5.56 Å². The fourth-order valence-corrected chi connectivity index (χ4v) is 2.55. The Morgan fingerprint density at radius 3 is 2.50 bits per heavy atom. The summed E-state index contributed by atoms with van der Waals surface area (Å²) < 4.78 is 18.6. The molecule has 1 N–H and O–H groups in total. The molecule has 24 heavy (non-hydrogen) atoms. The second kappa shape index (κ2) is 8.45. The molecule has 2 aromatic rings. The number of rotatable bonds is 7. The zero-order valence-corrected chi connectivity index (χ0v) is 14.3. The summed E-state index contributed by atoms with van der Waals surface area (Å²) in [6.07, 6.45) is 0.135. The largest absolute Gasteiger partial charge is 0.494 e. The van der Waals surface area contributed by atoms with Gasteiger partial charge in [0, 0.05) is 6.54 Å². The molecule has 0 unspecified atom stereocenters. The Labute approximate surface area is 142 Å². The summed E-state index contributed by atoms with van der Waals surface area (Å²) in [7, 11) is 5.36. The van der Waals surface area contributed by atoms with E-state index in [1.807, 2.05) is 44.4 Å². The van der Waals surface area contributed by atoms with Gasteiger partial charge in [-0.3, -0.25) is 4.79 Å². The van der Waals surface area contributed by atoms with Crippen LogP contribution in [0.1, 0.15) is 17.2 Å². The van der Waals surface area contributed by atoms with Crippen molar-refractivity contribution >= 4 is 5.91 Å². The quantitative estimate of drug-likeness (QED) is 0.849. The van der Waals surface area contributed by atoms with E-state index in [9.17, 15) is 9.18 Å². The standard InChI is InChI=1S/C19H23FN2O2/c1-22(2)17(15-7-5-4-6-8-15)13-21-19(23)12-14-9-10-18(24-3)16(20)11-14/h4-11,17H,12-13H2,1-3H3,(H,21,23)/t17-/m0/s1. The van der Waals surface area contributed by atoms with Crippen molar-refractivity contribution in [2.45, 2.75) is 12.5 Å². The number of nitrogens with one attached hydrogen (secondary N) is 1. The zero-order chi connectivity index (χ0) is 17.5. The molecule has 0 spiro atoms. The summed E-state index contributed by atoms with van der Waals surface area (Å²) in [5.41, 5.74) is 1.75. The molecule has 1 atom stereocenters. The summed E-state index contributed by atoms with van der Waals surface area (Å²) in [4.78, 5) is 14.2. The highest BCUT2D eigenvalue weighted by Gasteiger charge is 2.15. The van der Waals surface area contributed by atoms with E-state index < -0.39 is 5.82 Å². The van der Waals surface area contributed by atoms with Gasteiger partial charge in [-0.15, -0.1) is 0 Å². The summed E-state index contributed by atoms with van der Waals surface area (Å²) in [6, 6.07) is 14.6. The number of nitrogens with zero attached hydrogens (tertiary/aromatic N) is 1. The van der Waals surface area contributed by atoms with Crippen LogP contribution in [0.2, 0.25) is 0 Å². The van der Waals surface area contributed by atoms with Crippen LogP contribution < -0.4 is 10.1 Å². The predicted molar refractivity (Wildman–Crippen MR) is 92.5 cm³/mol. The van der Waals surface area contributed by atoms with Crippen molar-refractivity contribution in [3.63, 3.8) is 0 Å². The first-order valence-electron chi connectivity index (χ1n) is 7.81. The number of benzene rings is 2. The van der Waals surface area contributed by atoms with Crippen molar-refractivity contribution < 1.29 is 13.9 Å². The molecule has 0 aliphatic rings. The number of halogens is 1. The predicted octanol–water partition coefficient (Wildman–Crippen LogP) is 2.80. The van der Waals surface area contributed by atoms with Gasteiger partial charge in [-0.2, -0.15) is 0 Å². The zero-order valence-electron chi connectivity index (χ0n) is 14.3. The molecule has 0 aliphatic heterocycles. The Morgan fingerprint density at radius 2 is 1.92 bits per heavy atom. The molecule has 1 amide bonds. The van der Waals surface area contributed by atoms with Gasteiger partial charge in [0.05, 0.1) is 19.6 Å².